The number of nitrogens with one attached hydrogen (secondary N) is 1. The molecule has 0 aliphatic rings. The molecule has 0 spiro atoms. The lowest BCUT2D eigenvalue weighted by Crippen LogP contribution is -2.43. The van der Waals surface area contributed by atoms with Crippen molar-refractivity contribution < 1.29 is 23.1 Å². The van der Waals surface area contributed by atoms with E-state index in [2.05, 4.69) is 5.32 Å². The lowest BCUT2D eigenvalue weighted by molar-refractivity contribution is -0.138. The molecule has 0 aromatic rings. The standard InChI is InChI=1S/C10H20N2O5S/c1-7(5-9(13)14)6-12-10(15)8(11)3-4-18(2,16)17/h7-8H,3-6,11H2,1-2H3,(H,12,15)(H,13,14). The van der Waals surface area contributed by atoms with Crippen molar-refractivity contribution in [3.8, 4) is 0 Å². The van der Waals surface area contributed by atoms with E-state index in [0.29, 0.717) is 0 Å². The van der Waals surface area contributed by atoms with Gasteiger partial charge in [0.05, 0.1) is 11.8 Å². The maximum atomic E-state index is 11.5. The van der Waals surface area contributed by atoms with Gasteiger partial charge >= 0.3 is 5.97 Å². The Labute approximate surface area is 107 Å². The molecule has 18 heavy (non-hydrogen) atoms. The molecule has 0 aromatic heterocycles. The molecule has 2 atom stereocenters. The molecule has 0 fully saturated rings. The van der Waals surface area contributed by atoms with Crippen molar-refractivity contribution >= 4 is 21.7 Å². The van der Waals surface area contributed by atoms with Crippen LogP contribution in [0, 0.1) is 5.92 Å². The van der Waals surface area contributed by atoms with E-state index in [1.807, 2.05) is 0 Å². The first-order valence-electron chi connectivity index (χ1n) is 5.54. The van der Waals surface area contributed by atoms with E-state index in [1.54, 1.807) is 6.92 Å². The Bertz CT molecular complexity index is 393. The third kappa shape index (κ3) is 8.94. The van der Waals surface area contributed by atoms with Crippen LogP contribution in [0.5, 0.6) is 0 Å². The summed E-state index contributed by atoms with van der Waals surface area (Å²) in [4.78, 5) is 21.9. The van der Waals surface area contributed by atoms with E-state index >= 15 is 0 Å². The molecule has 0 radical (unpaired) electrons. The van der Waals surface area contributed by atoms with Gasteiger partial charge < -0.3 is 16.2 Å². The zero-order chi connectivity index (χ0) is 14.3. The Morgan fingerprint density at radius 2 is 1.94 bits per heavy atom. The number of carboxylic acid groups (broad SMARTS) is 1. The van der Waals surface area contributed by atoms with Gasteiger partial charge in [0.1, 0.15) is 9.84 Å². The fraction of sp³-hybridized carbons (Fsp3) is 0.800. The summed E-state index contributed by atoms with van der Waals surface area (Å²) in [6, 6.07) is -0.892. The minimum atomic E-state index is -3.14. The highest BCUT2D eigenvalue weighted by Gasteiger charge is 2.17. The zero-order valence-corrected chi connectivity index (χ0v) is 11.4. The van der Waals surface area contributed by atoms with Crippen molar-refractivity contribution in [1.82, 2.24) is 5.32 Å². The lowest BCUT2D eigenvalue weighted by atomic mass is 10.1. The van der Waals surface area contributed by atoms with Crippen molar-refractivity contribution in [3.05, 3.63) is 0 Å². The molecular weight excluding hydrogens is 260 g/mol. The van der Waals surface area contributed by atoms with Crippen LogP contribution in [0.25, 0.3) is 0 Å². The van der Waals surface area contributed by atoms with E-state index < -0.39 is 27.8 Å². The van der Waals surface area contributed by atoms with Crippen LogP contribution in [0.1, 0.15) is 19.8 Å². The summed E-state index contributed by atoms with van der Waals surface area (Å²) in [6.45, 7) is 1.90. The molecule has 8 heteroatoms. The fourth-order valence-corrected chi connectivity index (χ4v) is 1.93. The van der Waals surface area contributed by atoms with E-state index in [0.717, 1.165) is 6.26 Å². The van der Waals surface area contributed by atoms with Crippen LogP contribution in [0.3, 0.4) is 0 Å². The number of hydrogen-bond donors (Lipinski definition) is 3. The molecule has 0 heterocycles. The largest absolute Gasteiger partial charge is 0.481 e. The quantitative estimate of drug-likeness (QED) is 0.522. The van der Waals surface area contributed by atoms with Gasteiger partial charge in [-0.3, -0.25) is 9.59 Å². The van der Waals surface area contributed by atoms with Crippen molar-refractivity contribution in [1.29, 1.82) is 0 Å². The zero-order valence-electron chi connectivity index (χ0n) is 10.5. The summed E-state index contributed by atoms with van der Waals surface area (Å²) in [7, 11) is -3.14. The second-order valence-electron chi connectivity index (χ2n) is 4.47. The van der Waals surface area contributed by atoms with Crippen LogP contribution < -0.4 is 11.1 Å². The molecule has 0 saturated heterocycles. The molecule has 1 amide bonds. The molecule has 0 aliphatic carbocycles. The van der Waals surface area contributed by atoms with Crippen LogP contribution in [0.15, 0.2) is 0 Å². The van der Waals surface area contributed by atoms with Gasteiger partial charge in [-0.1, -0.05) is 6.92 Å². The molecule has 7 nitrogen and oxygen atoms in total. The predicted octanol–water partition coefficient (Wildman–Crippen LogP) is -1.02. The summed E-state index contributed by atoms with van der Waals surface area (Å²) in [5.74, 6) is -1.74. The Hall–Kier alpha value is -1.15. The van der Waals surface area contributed by atoms with E-state index in [4.69, 9.17) is 10.8 Å². The normalized spacial score (nSPS) is 14.8. The van der Waals surface area contributed by atoms with Gasteiger partial charge in [0, 0.05) is 19.2 Å². The summed E-state index contributed by atoms with van der Waals surface area (Å²) in [5.41, 5.74) is 5.52. The third-order valence-electron chi connectivity index (χ3n) is 2.28. The van der Waals surface area contributed by atoms with Crippen molar-refractivity contribution in [2.75, 3.05) is 18.6 Å². The number of sulfone groups is 1. The van der Waals surface area contributed by atoms with Crippen molar-refractivity contribution in [3.63, 3.8) is 0 Å². The van der Waals surface area contributed by atoms with E-state index in [9.17, 15) is 18.0 Å². The number of rotatable bonds is 8. The molecule has 4 N–H and O–H groups in total. The minimum Gasteiger partial charge on any atom is -0.481 e. The first-order chi connectivity index (χ1) is 8.11. The average Bonchev–Trinajstić information content (AvgIpc) is 2.20. The smallest absolute Gasteiger partial charge is 0.303 e. The van der Waals surface area contributed by atoms with E-state index in [-0.39, 0.29) is 31.1 Å². The van der Waals surface area contributed by atoms with Crippen LogP contribution in [0.2, 0.25) is 0 Å². The summed E-state index contributed by atoms with van der Waals surface area (Å²) in [6.07, 6.45) is 1.09. The van der Waals surface area contributed by atoms with Gasteiger partial charge in [0.2, 0.25) is 5.91 Å². The molecule has 0 saturated carbocycles. The minimum absolute atomic E-state index is 0.0428. The second-order valence-corrected chi connectivity index (χ2v) is 6.73. The number of nitrogens with two attached hydrogens (primary N) is 1. The highest BCUT2D eigenvalue weighted by atomic mass is 32.2. The summed E-state index contributed by atoms with van der Waals surface area (Å²) < 4.78 is 21.8. The van der Waals surface area contributed by atoms with Crippen LogP contribution in [-0.4, -0.2) is 50.0 Å². The SMILES string of the molecule is CC(CNC(=O)C(N)CCS(C)(=O)=O)CC(=O)O. The first kappa shape index (κ1) is 16.9. The number of aliphatic carboxylic acids is 1. The van der Waals surface area contributed by atoms with Crippen LogP contribution in [-0.2, 0) is 19.4 Å². The maximum Gasteiger partial charge on any atom is 0.303 e. The van der Waals surface area contributed by atoms with Crippen molar-refractivity contribution in [2.24, 2.45) is 11.7 Å². The number of carbonyl (C=O) groups excluding carboxylic acids is 1. The molecular formula is C10H20N2O5S. The first-order valence-corrected chi connectivity index (χ1v) is 7.60. The maximum absolute atomic E-state index is 11.5. The monoisotopic (exact) mass is 280 g/mol. The van der Waals surface area contributed by atoms with E-state index in [1.165, 1.54) is 0 Å². The molecule has 0 rings (SSSR count). The topological polar surface area (TPSA) is 127 Å². The number of amides is 1. The highest BCUT2D eigenvalue weighted by Crippen LogP contribution is 2.00. The molecule has 106 valence electrons. The van der Waals surface area contributed by atoms with Gasteiger partial charge in [0.15, 0.2) is 0 Å². The summed E-state index contributed by atoms with van der Waals surface area (Å²) in [5, 5.41) is 11.0. The van der Waals surface area contributed by atoms with Gasteiger partial charge in [-0.2, -0.15) is 0 Å². The summed E-state index contributed by atoms with van der Waals surface area (Å²) >= 11 is 0. The van der Waals surface area contributed by atoms with Gasteiger partial charge in [-0.05, 0) is 12.3 Å². The van der Waals surface area contributed by atoms with Crippen LogP contribution >= 0.6 is 0 Å². The Morgan fingerprint density at radius 1 is 1.39 bits per heavy atom. The average molecular weight is 280 g/mol. The van der Waals surface area contributed by atoms with Gasteiger partial charge in [0.25, 0.3) is 0 Å². The fourth-order valence-electron chi connectivity index (χ4n) is 1.25. The van der Waals surface area contributed by atoms with Crippen molar-refractivity contribution in [2.45, 2.75) is 25.8 Å². The lowest BCUT2D eigenvalue weighted by Gasteiger charge is -2.14. The van der Waals surface area contributed by atoms with Crippen LogP contribution in [0.4, 0.5) is 0 Å². The number of hydrogen-bond acceptors (Lipinski definition) is 5. The molecule has 2 unspecified atom stereocenters. The highest BCUT2D eigenvalue weighted by molar-refractivity contribution is 7.90. The molecule has 0 aliphatic heterocycles. The van der Waals surface area contributed by atoms with Gasteiger partial charge in [-0.15, -0.1) is 0 Å². The third-order valence-corrected chi connectivity index (χ3v) is 3.26. The molecule has 0 bridgehead atoms. The molecule has 0 aromatic carbocycles. The number of carbonyl (C=O) groups is 2. The Kier molecular flexibility index (Phi) is 6.85. The second kappa shape index (κ2) is 7.32. The number of carboxylic acids is 1. The predicted molar refractivity (Wildman–Crippen MR) is 66.7 cm³/mol. The Balaban J connectivity index is 3.98. The Morgan fingerprint density at radius 3 is 2.39 bits per heavy atom. The van der Waals surface area contributed by atoms with Gasteiger partial charge in [-0.25, -0.2) is 8.42 Å².